The maximum absolute atomic E-state index is 9.28. The number of aliphatic hydroxyl groups excluding tert-OH is 1. The zero-order valence-corrected chi connectivity index (χ0v) is 10.7. The molecule has 1 atom stereocenters. The normalized spacial score (nSPS) is 11.9. The lowest BCUT2D eigenvalue weighted by molar-refractivity contribution is 0.208. The standard InChI is InChI=1S/C13H17N5O/c1-9(19)8-15-11-7-12(18-14)17-13(16-11)10-5-3-2-4-6-10/h2-7,9,19H,8,14H2,1H3,(H2,15,16,17,18). The van der Waals surface area contributed by atoms with E-state index in [-0.39, 0.29) is 0 Å². The smallest absolute Gasteiger partial charge is 0.163 e. The van der Waals surface area contributed by atoms with E-state index in [0.29, 0.717) is 24.0 Å². The van der Waals surface area contributed by atoms with Crippen LogP contribution in [0.4, 0.5) is 11.6 Å². The van der Waals surface area contributed by atoms with Gasteiger partial charge in [-0.25, -0.2) is 15.8 Å². The molecule has 0 aliphatic carbocycles. The summed E-state index contributed by atoms with van der Waals surface area (Å²) in [6.07, 6.45) is -0.454. The summed E-state index contributed by atoms with van der Waals surface area (Å²) in [7, 11) is 0. The first kappa shape index (κ1) is 13.3. The molecule has 0 bridgehead atoms. The van der Waals surface area contributed by atoms with Crippen molar-refractivity contribution in [2.24, 2.45) is 5.84 Å². The van der Waals surface area contributed by atoms with Crippen molar-refractivity contribution in [1.82, 2.24) is 9.97 Å². The van der Waals surface area contributed by atoms with Gasteiger partial charge in [-0.2, -0.15) is 0 Å². The third-order valence-electron chi connectivity index (χ3n) is 2.48. The first-order valence-electron chi connectivity index (χ1n) is 6.02. The van der Waals surface area contributed by atoms with Crippen molar-refractivity contribution in [2.75, 3.05) is 17.3 Å². The van der Waals surface area contributed by atoms with Gasteiger partial charge in [-0.15, -0.1) is 0 Å². The van der Waals surface area contributed by atoms with Crippen LogP contribution in [-0.4, -0.2) is 27.7 Å². The Morgan fingerprint density at radius 2 is 1.89 bits per heavy atom. The van der Waals surface area contributed by atoms with Gasteiger partial charge in [-0.05, 0) is 6.92 Å². The van der Waals surface area contributed by atoms with E-state index in [9.17, 15) is 5.11 Å². The molecule has 0 spiro atoms. The molecule has 100 valence electrons. The van der Waals surface area contributed by atoms with Crippen molar-refractivity contribution in [3.8, 4) is 11.4 Å². The van der Waals surface area contributed by atoms with Crippen molar-refractivity contribution in [3.05, 3.63) is 36.4 Å². The van der Waals surface area contributed by atoms with E-state index in [1.54, 1.807) is 13.0 Å². The summed E-state index contributed by atoms with van der Waals surface area (Å²) in [4.78, 5) is 8.69. The number of nitrogens with zero attached hydrogens (tertiary/aromatic N) is 2. The lowest BCUT2D eigenvalue weighted by Crippen LogP contribution is -2.17. The molecular weight excluding hydrogens is 242 g/mol. The van der Waals surface area contributed by atoms with Crippen molar-refractivity contribution in [1.29, 1.82) is 0 Å². The number of aliphatic hydroxyl groups is 1. The summed E-state index contributed by atoms with van der Waals surface area (Å²) in [6, 6.07) is 11.3. The molecule has 2 aromatic rings. The summed E-state index contributed by atoms with van der Waals surface area (Å²) in [5.74, 6) is 7.11. The number of hydrogen-bond donors (Lipinski definition) is 4. The van der Waals surface area contributed by atoms with Gasteiger partial charge < -0.3 is 15.8 Å². The molecule has 0 aliphatic heterocycles. The van der Waals surface area contributed by atoms with Crippen molar-refractivity contribution >= 4 is 11.6 Å². The molecule has 6 nitrogen and oxygen atoms in total. The molecule has 1 aromatic heterocycles. The predicted molar refractivity (Wildman–Crippen MR) is 75.4 cm³/mol. The summed E-state index contributed by atoms with van der Waals surface area (Å²) < 4.78 is 0. The first-order chi connectivity index (χ1) is 9.19. The number of nitrogens with one attached hydrogen (secondary N) is 2. The highest BCUT2D eigenvalue weighted by Crippen LogP contribution is 2.19. The molecule has 0 fully saturated rings. The number of nitrogens with two attached hydrogens (primary N) is 1. The van der Waals surface area contributed by atoms with E-state index in [2.05, 4.69) is 20.7 Å². The summed E-state index contributed by atoms with van der Waals surface area (Å²) in [5, 5.41) is 12.3. The monoisotopic (exact) mass is 259 g/mol. The third kappa shape index (κ3) is 3.64. The first-order valence-corrected chi connectivity index (χ1v) is 6.02. The van der Waals surface area contributed by atoms with Gasteiger partial charge in [0.1, 0.15) is 11.6 Å². The van der Waals surface area contributed by atoms with Gasteiger partial charge in [0, 0.05) is 18.2 Å². The van der Waals surface area contributed by atoms with Crippen LogP contribution in [0.15, 0.2) is 36.4 Å². The number of nitrogen functional groups attached to an aromatic ring is 1. The molecule has 2 rings (SSSR count). The van der Waals surface area contributed by atoms with E-state index >= 15 is 0 Å². The molecule has 6 heteroatoms. The molecule has 5 N–H and O–H groups in total. The van der Waals surface area contributed by atoms with Gasteiger partial charge in [-0.1, -0.05) is 30.3 Å². The average molecular weight is 259 g/mol. The Hall–Kier alpha value is -2.18. The Kier molecular flexibility index (Phi) is 4.27. The van der Waals surface area contributed by atoms with E-state index in [1.807, 2.05) is 30.3 Å². The SMILES string of the molecule is CC(O)CNc1cc(NN)nc(-c2ccccc2)n1. The number of hydrazine groups is 1. The number of benzene rings is 1. The lowest BCUT2D eigenvalue weighted by Gasteiger charge is -2.11. The van der Waals surface area contributed by atoms with Crippen LogP contribution in [0, 0.1) is 0 Å². The van der Waals surface area contributed by atoms with Crippen LogP contribution in [0.5, 0.6) is 0 Å². The van der Waals surface area contributed by atoms with Gasteiger partial charge in [0.15, 0.2) is 5.82 Å². The van der Waals surface area contributed by atoms with E-state index in [1.165, 1.54) is 0 Å². The number of rotatable bonds is 5. The van der Waals surface area contributed by atoms with E-state index in [4.69, 9.17) is 5.84 Å². The highest BCUT2D eigenvalue weighted by Gasteiger charge is 2.06. The van der Waals surface area contributed by atoms with Crippen LogP contribution >= 0.6 is 0 Å². The second kappa shape index (κ2) is 6.12. The molecule has 1 heterocycles. The molecule has 1 aromatic carbocycles. The molecule has 0 radical (unpaired) electrons. The fraction of sp³-hybridized carbons (Fsp3) is 0.231. The Morgan fingerprint density at radius 3 is 2.53 bits per heavy atom. The molecule has 0 aliphatic rings. The van der Waals surface area contributed by atoms with Gasteiger partial charge >= 0.3 is 0 Å². The minimum absolute atomic E-state index is 0.412. The maximum Gasteiger partial charge on any atom is 0.163 e. The quantitative estimate of drug-likeness (QED) is 0.476. The summed E-state index contributed by atoms with van der Waals surface area (Å²) in [6.45, 7) is 2.11. The fourth-order valence-corrected chi connectivity index (χ4v) is 1.58. The zero-order chi connectivity index (χ0) is 13.7. The number of hydrogen-bond acceptors (Lipinski definition) is 6. The highest BCUT2D eigenvalue weighted by atomic mass is 16.3. The minimum Gasteiger partial charge on any atom is -0.392 e. The van der Waals surface area contributed by atoms with Crippen LogP contribution in [0.3, 0.4) is 0 Å². The molecular formula is C13H17N5O. The van der Waals surface area contributed by atoms with Crippen molar-refractivity contribution in [3.63, 3.8) is 0 Å². The zero-order valence-electron chi connectivity index (χ0n) is 10.7. The minimum atomic E-state index is -0.454. The topological polar surface area (TPSA) is 96.1 Å². The van der Waals surface area contributed by atoms with Crippen LogP contribution in [0.2, 0.25) is 0 Å². The van der Waals surface area contributed by atoms with E-state index in [0.717, 1.165) is 5.56 Å². The van der Waals surface area contributed by atoms with Gasteiger partial charge in [0.05, 0.1) is 6.10 Å². The van der Waals surface area contributed by atoms with E-state index < -0.39 is 6.10 Å². The van der Waals surface area contributed by atoms with Gasteiger partial charge in [0.2, 0.25) is 0 Å². The molecule has 0 saturated heterocycles. The summed E-state index contributed by atoms with van der Waals surface area (Å²) in [5.41, 5.74) is 3.41. The van der Waals surface area contributed by atoms with Crippen LogP contribution < -0.4 is 16.6 Å². The Morgan fingerprint density at radius 1 is 1.21 bits per heavy atom. The molecule has 0 saturated carbocycles. The van der Waals surface area contributed by atoms with Gasteiger partial charge in [-0.3, -0.25) is 0 Å². The predicted octanol–water partition coefficient (Wildman–Crippen LogP) is 1.22. The van der Waals surface area contributed by atoms with Crippen molar-refractivity contribution in [2.45, 2.75) is 13.0 Å². The van der Waals surface area contributed by atoms with Crippen LogP contribution in [0.1, 0.15) is 6.92 Å². The Labute approximate surface area is 111 Å². The van der Waals surface area contributed by atoms with Gasteiger partial charge in [0.25, 0.3) is 0 Å². The second-order valence-corrected chi connectivity index (χ2v) is 4.20. The molecule has 1 unspecified atom stereocenters. The maximum atomic E-state index is 9.28. The Balaban J connectivity index is 2.31. The van der Waals surface area contributed by atoms with Crippen LogP contribution in [-0.2, 0) is 0 Å². The second-order valence-electron chi connectivity index (χ2n) is 4.20. The van der Waals surface area contributed by atoms with Crippen molar-refractivity contribution < 1.29 is 5.11 Å². The largest absolute Gasteiger partial charge is 0.392 e. The average Bonchev–Trinajstić information content (AvgIpc) is 2.45. The fourth-order valence-electron chi connectivity index (χ4n) is 1.58. The molecule has 19 heavy (non-hydrogen) atoms. The summed E-state index contributed by atoms with van der Waals surface area (Å²) >= 11 is 0. The molecule has 0 amide bonds. The third-order valence-corrected chi connectivity index (χ3v) is 2.48. The lowest BCUT2D eigenvalue weighted by atomic mass is 10.2. The van der Waals surface area contributed by atoms with Crippen LogP contribution in [0.25, 0.3) is 11.4 Å². The number of anilines is 2. The highest BCUT2D eigenvalue weighted by molar-refractivity contribution is 5.60. The Bertz CT molecular complexity index is 530. The number of aromatic nitrogens is 2.